The van der Waals surface area contributed by atoms with E-state index in [1.807, 2.05) is 11.4 Å². The van der Waals surface area contributed by atoms with Crippen LogP contribution in [0.2, 0.25) is 0 Å². The molecule has 0 atom stereocenters. The summed E-state index contributed by atoms with van der Waals surface area (Å²) in [5, 5.41) is 1.91. The van der Waals surface area contributed by atoms with Crippen LogP contribution in [0.1, 0.15) is 4.88 Å². The summed E-state index contributed by atoms with van der Waals surface area (Å²) in [4.78, 5) is 1.04. The largest absolute Gasteiger partial charge is 0.495 e. The van der Waals surface area contributed by atoms with Gasteiger partial charge in [-0.25, -0.2) is 13.1 Å². The molecule has 0 aliphatic carbocycles. The molecule has 0 unspecified atom stereocenters. The molecule has 1 N–H and O–H groups in total. The Bertz CT molecular complexity index is 713. The van der Waals surface area contributed by atoms with Gasteiger partial charge in [0.2, 0.25) is 10.0 Å². The van der Waals surface area contributed by atoms with Gasteiger partial charge in [0.15, 0.2) is 0 Å². The predicted octanol–water partition coefficient (Wildman–Crippen LogP) is 3.76. The molecule has 0 saturated heterocycles. The lowest BCUT2D eigenvalue weighted by molar-refractivity contribution is 0.402. The first-order chi connectivity index (χ1) is 9.42. The molecule has 0 radical (unpaired) electrons. The molecule has 0 fully saturated rings. The summed E-state index contributed by atoms with van der Waals surface area (Å²) in [7, 11) is -2.19. The van der Waals surface area contributed by atoms with Crippen molar-refractivity contribution < 1.29 is 13.2 Å². The molecule has 0 aliphatic heterocycles. The van der Waals surface area contributed by atoms with Gasteiger partial charge < -0.3 is 4.74 Å². The van der Waals surface area contributed by atoms with E-state index in [1.54, 1.807) is 12.1 Å². The summed E-state index contributed by atoms with van der Waals surface area (Å²) in [5.41, 5.74) is 0. The van der Waals surface area contributed by atoms with Crippen molar-refractivity contribution in [3.8, 4) is 5.75 Å². The molecule has 0 saturated carbocycles. The molecule has 0 aliphatic rings. The van der Waals surface area contributed by atoms with Crippen LogP contribution in [0, 0.1) is 0 Å². The topological polar surface area (TPSA) is 55.4 Å². The third-order valence-corrected chi connectivity index (χ3v) is 6.09. The number of hydrogen-bond acceptors (Lipinski definition) is 4. The van der Waals surface area contributed by atoms with Gasteiger partial charge in [0.05, 0.1) is 7.11 Å². The van der Waals surface area contributed by atoms with Crippen molar-refractivity contribution in [3.63, 3.8) is 0 Å². The smallest absolute Gasteiger partial charge is 0.244 e. The highest BCUT2D eigenvalue weighted by atomic mass is 79.9. The molecule has 0 bridgehead atoms. The Kier molecular flexibility index (Phi) is 5.25. The molecule has 0 amide bonds. The average molecular weight is 441 g/mol. The first kappa shape index (κ1) is 16.0. The molecule has 1 heterocycles. The summed E-state index contributed by atoms with van der Waals surface area (Å²) in [6.45, 7) is 0.244. The van der Waals surface area contributed by atoms with Crippen LogP contribution < -0.4 is 9.46 Å². The predicted molar refractivity (Wildman–Crippen MR) is 86.7 cm³/mol. The number of methoxy groups -OCH3 is 1. The summed E-state index contributed by atoms with van der Waals surface area (Å²) in [6, 6.07) is 6.74. The second-order valence-electron chi connectivity index (χ2n) is 3.85. The molecule has 1 aromatic carbocycles. The Morgan fingerprint density at radius 1 is 1.25 bits per heavy atom. The van der Waals surface area contributed by atoms with Gasteiger partial charge in [-0.3, -0.25) is 0 Å². The number of halogens is 2. The van der Waals surface area contributed by atoms with E-state index in [-0.39, 0.29) is 11.4 Å². The Balaban J connectivity index is 2.24. The maximum atomic E-state index is 12.3. The van der Waals surface area contributed by atoms with Crippen molar-refractivity contribution >= 4 is 53.2 Å². The number of hydrogen-bond donors (Lipinski definition) is 1. The lowest BCUT2D eigenvalue weighted by atomic mass is 10.3. The van der Waals surface area contributed by atoms with Crippen LogP contribution in [0.3, 0.4) is 0 Å². The van der Waals surface area contributed by atoms with E-state index in [4.69, 9.17) is 4.74 Å². The van der Waals surface area contributed by atoms with Crippen LogP contribution in [0.4, 0.5) is 0 Å². The van der Waals surface area contributed by atoms with Gasteiger partial charge in [-0.1, -0.05) is 15.9 Å². The molecule has 20 heavy (non-hydrogen) atoms. The fraction of sp³-hybridized carbons (Fsp3) is 0.167. The SMILES string of the molecule is COc1ccc(Br)cc1S(=O)(=O)NCc1cc(Br)cs1. The van der Waals surface area contributed by atoms with E-state index < -0.39 is 10.0 Å². The van der Waals surface area contributed by atoms with Crippen molar-refractivity contribution in [1.82, 2.24) is 4.72 Å². The number of nitrogens with one attached hydrogen (secondary N) is 1. The first-order valence-electron chi connectivity index (χ1n) is 5.48. The van der Waals surface area contributed by atoms with Crippen LogP contribution in [0.15, 0.2) is 43.5 Å². The molecular formula is C12H11Br2NO3S2. The zero-order valence-corrected chi connectivity index (χ0v) is 15.2. The second-order valence-corrected chi connectivity index (χ2v) is 8.41. The minimum atomic E-state index is -3.63. The Labute approximate surface area is 138 Å². The highest BCUT2D eigenvalue weighted by Crippen LogP contribution is 2.27. The van der Waals surface area contributed by atoms with Crippen molar-refractivity contribution in [2.75, 3.05) is 7.11 Å². The van der Waals surface area contributed by atoms with Crippen molar-refractivity contribution in [2.45, 2.75) is 11.4 Å². The van der Waals surface area contributed by atoms with Crippen LogP contribution in [0.5, 0.6) is 5.75 Å². The van der Waals surface area contributed by atoms with E-state index in [0.717, 1.165) is 9.35 Å². The monoisotopic (exact) mass is 439 g/mol. The molecule has 4 nitrogen and oxygen atoms in total. The Morgan fingerprint density at radius 3 is 2.60 bits per heavy atom. The summed E-state index contributed by atoms with van der Waals surface area (Å²) < 4.78 is 33.9. The summed E-state index contributed by atoms with van der Waals surface area (Å²) >= 11 is 8.09. The van der Waals surface area contributed by atoms with Gasteiger partial charge in [0.1, 0.15) is 10.6 Å². The zero-order chi connectivity index (χ0) is 14.8. The van der Waals surface area contributed by atoms with E-state index in [9.17, 15) is 8.42 Å². The van der Waals surface area contributed by atoms with Gasteiger partial charge in [-0.05, 0) is 40.2 Å². The molecular weight excluding hydrogens is 430 g/mol. The van der Waals surface area contributed by atoms with E-state index >= 15 is 0 Å². The fourth-order valence-corrected chi connectivity index (χ4v) is 4.75. The maximum Gasteiger partial charge on any atom is 0.244 e. The summed E-state index contributed by atoms with van der Waals surface area (Å²) in [6.07, 6.45) is 0. The highest BCUT2D eigenvalue weighted by molar-refractivity contribution is 9.10. The van der Waals surface area contributed by atoms with Gasteiger partial charge in [0, 0.05) is 25.7 Å². The minimum Gasteiger partial charge on any atom is -0.495 e. The van der Waals surface area contributed by atoms with Gasteiger partial charge in [0.25, 0.3) is 0 Å². The number of thiophene rings is 1. The number of benzene rings is 1. The fourth-order valence-electron chi connectivity index (χ4n) is 1.55. The zero-order valence-electron chi connectivity index (χ0n) is 10.4. The van der Waals surface area contributed by atoms with Crippen LogP contribution >= 0.6 is 43.2 Å². The number of ether oxygens (including phenoxy) is 1. The lowest BCUT2D eigenvalue weighted by Gasteiger charge is -2.10. The normalized spacial score (nSPS) is 11.6. The minimum absolute atomic E-state index is 0.116. The molecule has 2 rings (SSSR count). The van der Waals surface area contributed by atoms with E-state index in [2.05, 4.69) is 36.6 Å². The molecule has 108 valence electrons. The quantitative estimate of drug-likeness (QED) is 0.769. The third kappa shape index (κ3) is 3.82. The molecule has 2 aromatic rings. The van der Waals surface area contributed by atoms with E-state index in [1.165, 1.54) is 24.5 Å². The van der Waals surface area contributed by atoms with Crippen molar-refractivity contribution in [2.24, 2.45) is 0 Å². The maximum absolute atomic E-state index is 12.3. The lowest BCUT2D eigenvalue weighted by Crippen LogP contribution is -2.23. The Morgan fingerprint density at radius 2 is 2.00 bits per heavy atom. The molecule has 8 heteroatoms. The second kappa shape index (κ2) is 6.57. The highest BCUT2D eigenvalue weighted by Gasteiger charge is 2.19. The van der Waals surface area contributed by atoms with Crippen LogP contribution in [-0.4, -0.2) is 15.5 Å². The Hall–Kier alpha value is -0.410. The summed E-state index contributed by atoms with van der Waals surface area (Å²) in [5.74, 6) is 0.313. The number of rotatable bonds is 5. The van der Waals surface area contributed by atoms with Crippen LogP contribution in [0.25, 0.3) is 0 Å². The van der Waals surface area contributed by atoms with Crippen molar-refractivity contribution in [1.29, 1.82) is 0 Å². The molecule has 1 aromatic heterocycles. The van der Waals surface area contributed by atoms with Crippen molar-refractivity contribution in [3.05, 3.63) is 43.5 Å². The first-order valence-corrected chi connectivity index (χ1v) is 9.43. The standard InChI is InChI=1S/C12H11Br2NO3S2/c1-18-11-3-2-8(13)5-12(11)20(16,17)15-6-10-4-9(14)7-19-10/h2-5,7,15H,6H2,1H3. The average Bonchev–Trinajstić information content (AvgIpc) is 2.82. The van der Waals surface area contributed by atoms with Crippen LogP contribution in [-0.2, 0) is 16.6 Å². The van der Waals surface area contributed by atoms with Gasteiger partial charge in [-0.2, -0.15) is 0 Å². The third-order valence-electron chi connectivity index (χ3n) is 2.47. The molecule has 0 spiro atoms. The van der Waals surface area contributed by atoms with E-state index in [0.29, 0.717) is 10.2 Å². The van der Waals surface area contributed by atoms with Gasteiger partial charge >= 0.3 is 0 Å². The van der Waals surface area contributed by atoms with Gasteiger partial charge in [-0.15, -0.1) is 11.3 Å². The number of sulfonamides is 1.